The number of phosphoric acid groups is 1. The van der Waals surface area contributed by atoms with Crippen LogP contribution in [0.1, 0.15) is 71.6 Å². The number of hydrogen-bond acceptors (Lipinski definition) is 6. The first kappa shape index (κ1) is 31.7. The maximum Gasteiger partial charge on any atom is 1.00 e. The van der Waals surface area contributed by atoms with E-state index >= 15 is 0 Å². The molecule has 0 radical (unpaired) electrons. The number of aliphatic hydroxyl groups is 1. The second-order valence-corrected chi connectivity index (χ2v) is 12.4. The molecule has 184 valence electrons. The van der Waals surface area contributed by atoms with Crippen molar-refractivity contribution < 1.29 is 101 Å². The maximum absolute atomic E-state index is 13.5. The Kier molecular flexibility index (Phi) is 9.89. The minimum absolute atomic E-state index is 0. The fourth-order valence-electron chi connectivity index (χ4n) is 8.28. The van der Waals surface area contributed by atoms with Gasteiger partial charge in [-0.2, -0.15) is 13.2 Å². The van der Waals surface area contributed by atoms with E-state index in [1.165, 1.54) is 0 Å². The Morgan fingerprint density at radius 3 is 2.21 bits per heavy atom. The van der Waals surface area contributed by atoms with Crippen molar-refractivity contribution in [2.24, 2.45) is 40.4 Å². The van der Waals surface area contributed by atoms with Crippen LogP contribution in [-0.4, -0.2) is 29.3 Å². The molecule has 0 heterocycles. The Morgan fingerprint density at radius 1 is 1.00 bits per heavy atom. The Bertz CT molecular complexity index is 825. The average molecular weight is 526 g/mol. The minimum Gasteiger partial charge on any atom is -0.790 e. The molecule has 4 aliphatic rings. The van der Waals surface area contributed by atoms with Crippen LogP contribution in [0.15, 0.2) is 0 Å². The average Bonchev–Trinajstić information content (AvgIpc) is 3.02. The SMILES string of the molecule is C[C@]12CCC3C(CC[C@@H]4C[C@@](O)(C(F)(F)F)CC[C@]34C)C1CC[C@@H]2C(=O)COP(=O)([O-])[O-].[Na+].[Na+]. The molecule has 0 bridgehead atoms. The van der Waals surface area contributed by atoms with E-state index in [0.717, 1.165) is 25.7 Å². The second kappa shape index (κ2) is 10.6. The largest absolute Gasteiger partial charge is 1.00 e. The quantitative estimate of drug-likeness (QED) is 0.317. The summed E-state index contributed by atoms with van der Waals surface area (Å²) in [4.78, 5) is 34.3. The molecule has 0 amide bonds. The minimum atomic E-state index is -5.21. The van der Waals surface area contributed by atoms with Gasteiger partial charge in [-0.15, -0.1) is 0 Å². The number of Topliss-reactive ketones (excluding diaryl/α,β-unsaturated/α-hetero) is 1. The molecule has 6 nitrogen and oxygen atoms in total. The van der Waals surface area contributed by atoms with Crippen LogP contribution in [0, 0.1) is 40.4 Å². The Morgan fingerprint density at radius 2 is 1.62 bits per heavy atom. The van der Waals surface area contributed by atoms with Gasteiger partial charge in [-0.1, -0.05) is 13.8 Å². The van der Waals surface area contributed by atoms with Crippen LogP contribution in [0.25, 0.3) is 0 Å². The van der Waals surface area contributed by atoms with Crippen LogP contribution in [0.5, 0.6) is 0 Å². The van der Waals surface area contributed by atoms with Crippen LogP contribution >= 0.6 is 7.82 Å². The van der Waals surface area contributed by atoms with Crippen LogP contribution < -0.4 is 68.9 Å². The van der Waals surface area contributed by atoms with E-state index in [1.807, 2.05) is 0 Å². The topological polar surface area (TPSA) is 110 Å². The molecule has 4 aliphatic carbocycles. The summed E-state index contributed by atoms with van der Waals surface area (Å²) in [5.41, 5.74) is -3.17. The summed E-state index contributed by atoms with van der Waals surface area (Å²) in [7, 11) is -5.21. The standard InChI is InChI=1S/C22H34F3O6P.2Na/c1-19-9-10-21(27,22(23,24)25)11-13(19)3-4-14-15-5-6-17(18(26)12-31-32(28,29)30)20(15,2)8-7-16(14)19;;/h13-17,27H,3-12H2,1-2H3,(H2,28,29,30);;/q;2*+1/p-2/t13-,14?,15?,16?,17-,19+,20+,21-;;/m1../s1. The number of carbonyl (C=O) groups excluding carboxylic acids is 1. The molecule has 12 heteroatoms. The van der Waals surface area contributed by atoms with Gasteiger partial charge in [0, 0.05) is 5.92 Å². The van der Waals surface area contributed by atoms with Gasteiger partial charge in [0.05, 0.1) is 7.82 Å². The molecule has 1 N–H and O–H groups in total. The third-order valence-corrected chi connectivity index (χ3v) is 10.5. The number of rotatable bonds is 4. The summed E-state index contributed by atoms with van der Waals surface area (Å²) in [6.07, 6.45) is -0.372. The third kappa shape index (κ3) is 5.47. The first-order valence-corrected chi connectivity index (χ1v) is 13.1. The van der Waals surface area contributed by atoms with E-state index in [0.29, 0.717) is 25.2 Å². The van der Waals surface area contributed by atoms with Gasteiger partial charge < -0.3 is 24.0 Å². The van der Waals surface area contributed by atoms with E-state index in [-0.39, 0.29) is 112 Å². The summed E-state index contributed by atoms with van der Waals surface area (Å²) in [5, 5.41) is 10.3. The van der Waals surface area contributed by atoms with E-state index in [9.17, 15) is 37.4 Å². The van der Waals surface area contributed by atoms with Gasteiger partial charge in [-0.25, -0.2) is 0 Å². The molecule has 3 unspecified atom stereocenters. The number of hydrogen-bond donors (Lipinski definition) is 1. The third-order valence-electron chi connectivity index (χ3n) is 10.0. The molecular weight excluding hydrogens is 494 g/mol. The number of phosphoric ester groups is 1. The predicted molar refractivity (Wildman–Crippen MR) is 105 cm³/mol. The van der Waals surface area contributed by atoms with Crippen LogP contribution in [0.3, 0.4) is 0 Å². The first-order chi connectivity index (χ1) is 14.6. The van der Waals surface area contributed by atoms with Crippen LogP contribution in [0.4, 0.5) is 13.2 Å². The predicted octanol–water partition coefficient (Wildman–Crippen LogP) is -2.64. The summed E-state index contributed by atoms with van der Waals surface area (Å²) >= 11 is 0. The monoisotopic (exact) mass is 526 g/mol. The first-order valence-electron chi connectivity index (χ1n) is 11.6. The zero-order chi connectivity index (χ0) is 23.7. The van der Waals surface area contributed by atoms with Crippen molar-refractivity contribution in [2.45, 2.75) is 83.4 Å². The van der Waals surface area contributed by atoms with Crippen molar-refractivity contribution in [3.8, 4) is 0 Å². The maximum atomic E-state index is 13.5. The Balaban J connectivity index is 0.00000204. The molecule has 0 aliphatic heterocycles. The van der Waals surface area contributed by atoms with Gasteiger partial charge in [-0.3, -0.25) is 4.79 Å². The second-order valence-electron chi connectivity index (χ2n) is 11.3. The molecular formula is C22H32F3Na2O6P. The normalized spacial score (nSPS) is 44.1. The van der Waals surface area contributed by atoms with Gasteiger partial charge in [0.1, 0.15) is 6.61 Å². The van der Waals surface area contributed by atoms with Gasteiger partial charge in [-0.05, 0) is 92.3 Å². The molecule has 8 atom stereocenters. The van der Waals surface area contributed by atoms with Crippen LogP contribution in [0.2, 0.25) is 0 Å². The van der Waals surface area contributed by atoms with E-state index < -0.39 is 26.2 Å². The molecule has 4 saturated carbocycles. The number of carbonyl (C=O) groups is 1. The van der Waals surface area contributed by atoms with Crippen LogP contribution in [-0.2, 0) is 13.9 Å². The zero-order valence-electron chi connectivity index (χ0n) is 20.5. The summed E-state index contributed by atoms with van der Waals surface area (Å²) in [6, 6.07) is 0. The number of fused-ring (bicyclic) bond motifs is 5. The van der Waals surface area contributed by atoms with Crippen molar-refractivity contribution in [3.63, 3.8) is 0 Å². The molecule has 4 rings (SSSR count). The Labute approximate surface area is 243 Å². The smallest absolute Gasteiger partial charge is 0.790 e. The van der Waals surface area contributed by atoms with Crippen molar-refractivity contribution >= 4 is 13.6 Å². The fourth-order valence-corrected chi connectivity index (χ4v) is 8.56. The van der Waals surface area contributed by atoms with Crippen molar-refractivity contribution in [1.82, 2.24) is 0 Å². The van der Waals surface area contributed by atoms with Crippen molar-refractivity contribution in [1.29, 1.82) is 0 Å². The Hall–Kier alpha value is 1.53. The van der Waals surface area contributed by atoms with Gasteiger partial charge in [0.25, 0.3) is 0 Å². The van der Waals surface area contributed by atoms with Gasteiger partial charge in [0.2, 0.25) is 0 Å². The summed E-state index contributed by atoms with van der Waals surface area (Å²) in [6.45, 7) is 3.44. The molecule has 0 aromatic carbocycles. The molecule has 34 heavy (non-hydrogen) atoms. The number of ketones is 1. The van der Waals surface area contributed by atoms with E-state index in [4.69, 9.17) is 0 Å². The fraction of sp³-hybridized carbons (Fsp3) is 0.955. The van der Waals surface area contributed by atoms with E-state index in [1.54, 1.807) is 0 Å². The molecule has 0 spiro atoms. The molecule has 0 saturated heterocycles. The molecule has 0 aromatic heterocycles. The van der Waals surface area contributed by atoms with E-state index in [2.05, 4.69) is 18.4 Å². The van der Waals surface area contributed by atoms with Crippen molar-refractivity contribution in [2.75, 3.05) is 6.61 Å². The van der Waals surface area contributed by atoms with Crippen molar-refractivity contribution in [3.05, 3.63) is 0 Å². The molecule has 4 fully saturated rings. The summed E-state index contributed by atoms with van der Waals surface area (Å²) < 4.78 is 55.5. The zero-order valence-corrected chi connectivity index (χ0v) is 25.4. The number of halogens is 3. The van der Waals surface area contributed by atoms with Gasteiger partial charge >= 0.3 is 65.3 Å². The molecule has 0 aromatic rings. The number of alkyl halides is 3. The summed E-state index contributed by atoms with van der Waals surface area (Å²) in [5.74, 6) is -0.103. The van der Waals surface area contributed by atoms with Gasteiger partial charge in [0.15, 0.2) is 11.4 Å².